The molecule has 0 aliphatic carbocycles. The lowest BCUT2D eigenvalue weighted by Crippen LogP contribution is -2.47. The molecule has 0 fully saturated rings. The fourth-order valence-electron chi connectivity index (χ4n) is 13.8. The minimum absolute atomic E-state index is 0.0383. The molecule has 13 rings (SSSR count). The van der Waals surface area contributed by atoms with Crippen molar-refractivity contribution in [1.29, 1.82) is 0 Å². The van der Waals surface area contributed by atoms with E-state index < -0.39 is 45.4 Å². The van der Waals surface area contributed by atoms with Crippen LogP contribution in [0.1, 0.15) is 110 Å². The molecule has 0 amide bonds. The topological polar surface area (TPSA) is 231 Å². The Kier molecular flexibility index (Phi) is 19.1. The largest absolute Gasteiger partial charge is 0.510 e. The summed E-state index contributed by atoms with van der Waals surface area (Å²) in [6.07, 6.45) is 2.37. The van der Waals surface area contributed by atoms with Crippen molar-refractivity contribution in [2.24, 2.45) is 0 Å². The van der Waals surface area contributed by atoms with Crippen LogP contribution in [0.25, 0.3) is 44.6 Å². The van der Waals surface area contributed by atoms with Gasteiger partial charge in [0.05, 0.1) is 82.4 Å². The second kappa shape index (κ2) is 27.6. The van der Waals surface area contributed by atoms with Gasteiger partial charge in [-0.3, -0.25) is 9.59 Å². The summed E-state index contributed by atoms with van der Waals surface area (Å²) in [5.41, 5.74) is 7.46. The summed E-state index contributed by atoms with van der Waals surface area (Å²) in [6.45, 7) is 13.9. The van der Waals surface area contributed by atoms with Crippen LogP contribution in [-0.4, -0.2) is 83.6 Å². The van der Waals surface area contributed by atoms with E-state index in [9.17, 15) is 38.7 Å². The first-order valence-electron chi connectivity index (χ1n) is 33.0. The Morgan fingerprint density at radius 3 is 1.45 bits per heavy atom. The maximum Gasteiger partial charge on any atom is 0.510 e. The number of carbonyl (C=O) groups excluding carboxylic acids is 5. The van der Waals surface area contributed by atoms with E-state index in [1.54, 1.807) is 59.4 Å². The Morgan fingerprint density at radius 2 is 0.969 bits per heavy atom. The number of nitrogens with zero attached hydrogens (tertiary/aromatic N) is 4. The second-order valence-corrected chi connectivity index (χ2v) is 37.4. The average molecular weight is 1330 g/mol. The van der Waals surface area contributed by atoms with Crippen molar-refractivity contribution in [2.75, 3.05) is 13.2 Å². The lowest BCUT2D eigenvalue weighted by Gasteiger charge is -2.35. The number of ether oxygens (including phenoxy) is 6. The van der Waals surface area contributed by atoms with E-state index in [4.69, 9.17) is 38.4 Å². The van der Waals surface area contributed by atoms with Crippen molar-refractivity contribution < 1.29 is 57.5 Å². The smallest absolute Gasteiger partial charge is 0.462 e. The Bertz CT molecular complexity index is 4630. The average Bonchev–Trinajstić information content (AvgIpc) is 1.49. The summed E-state index contributed by atoms with van der Waals surface area (Å²) in [5, 5.41) is 13.3. The number of esters is 4. The SMILES string of the molecule is CC[C@@]1(O)C(=O)OCc2c1cc1n(c2=O)Cc2c-1nc1ccccc1c2CC[Si](C)(C)CCCOC(=O)c1ccccc1.CC[C@@]1(OC(=O)OCc2ccccc2)C(=O)OCc2c1cc1n(c2=O)Cc2c-1nc1ccccc1c2CC[Si](C)(C)CCCOC(=O)c1ccccc1. The van der Waals surface area contributed by atoms with Crippen LogP contribution in [0, 0.1) is 0 Å². The van der Waals surface area contributed by atoms with E-state index in [0.29, 0.717) is 71.2 Å². The van der Waals surface area contributed by atoms with Gasteiger partial charge in [-0.2, -0.15) is 0 Å². The number of carbonyl (C=O) groups is 5. The van der Waals surface area contributed by atoms with Crippen LogP contribution < -0.4 is 11.1 Å². The van der Waals surface area contributed by atoms with Crippen molar-refractivity contribution >= 4 is 68.0 Å². The highest BCUT2D eigenvalue weighted by atomic mass is 28.3. The van der Waals surface area contributed by atoms with E-state index in [0.717, 1.165) is 99.6 Å². The Labute approximate surface area is 558 Å². The van der Waals surface area contributed by atoms with Gasteiger partial charge in [0.1, 0.15) is 19.8 Å². The summed E-state index contributed by atoms with van der Waals surface area (Å²) in [5.74, 6) is -2.06. The molecule has 2 atom stereocenters. The molecule has 4 aromatic heterocycles. The third kappa shape index (κ3) is 13.2. The van der Waals surface area contributed by atoms with Gasteiger partial charge in [0.15, 0.2) is 5.60 Å². The molecule has 5 aromatic carbocycles. The number of pyridine rings is 4. The van der Waals surface area contributed by atoms with Gasteiger partial charge in [0.2, 0.25) is 5.60 Å². The van der Waals surface area contributed by atoms with Crippen LogP contribution in [0.2, 0.25) is 50.4 Å². The van der Waals surface area contributed by atoms with Gasteiger partial charge in [0, 0.05) is 49.2 Å². The molecule has 96 heavy (non-hydrogen) atoms. The van der Waals surface area contributed by atoms with Crippen LogP contribution in [0.4, 0.5) is 4.79 Å². The lowest BCUT2D eigenvalue weighted by molar-refractivity contribution is -0.175. The summed E-state index contributed by atoms with van der Waals surface area (Å²) in [7, 11) is -3.41. The number of aliphatic hydroxyl groups is 1. The molecule has 0 spiro atoms. The van der Waals surface area contributed by atoms with Crippen LogP contribution in [-0.2, 0) is 95.0 Å². The molecule has 4 aliphatic rings. The molecule has 1 N–H and O–H groups in total. The van der Waals surface area contributed by atoms with Crippen molar-refractivity contribution in [3.63, 3.8) is 0 Å². The number of fused-ring (bicyclic) bond motifs is 10. The number of hydrogen-bond acceptors (Lipinski definition) is 16. The third-order valence-electron chi connectivity index (χ3n) is 19.4. The van der Waals surface area contributed by atoms with E-state index in [1.807, 2.05) is 103 Å². The molecule has 494 valence electrons. The number of aryl methyl sites for hydroxylation is 2. The quantitative estimate of drug-likeness (QED) is 0.0305. The van der Waals surface area contributed by atoms with Gasteiger partial charge in [-0.05, 0) is 104 Å². The first kappa shape index (κ1) is 66.4. The fraction of sp³-hybridized carbons (Fsp3) is 0.329. The number of aromatic nitrogens is 4. The van der Waals surface area contributed by atoms with Crippen molar-refractivity contribution in [1.82, 2.24) is 19.1 Å². The number of benzene rings is 5. The molecule has 0 bridgehead atoms. The van der Waals surface area contributed by atoms with Crippen LogP contribution in [0.3, 0.4) is 0 Å². The summed E-state index contributed by atoms with van der Waals surface area (Å²) < 4.78 is 36.4. The third-order valence-corrected chi connectivity index (χ3v) is 26.1. The van der Waals surface area contributed by atoms with E-state index in [-0.39, 0.29) is 61.3 Å². The summed E-state index contributed by atoms with van der Waals surface area (Å²) in [4.78, 5) is 102. The molecule has 0 saturated carbocycles. The number of para-hydroxylation sites is 2. The highest BCUT2D eigenvalue weighted by Gasteiger charge is 2.51. The number of hydrogen-bond donors (Lipinski definition) is 1. The monoisotopic (exact) mass is 1330 g/mol. The zero-order valence-corrected chi connectivity index (χ0v) is 57.0. The lowest BCUT2D eigenvalue weighted by atomic mass is 9.85. The number of cyclic esters (lactones) is 2. The summed E-state index contributed by atoms with van der Waals surface area (Å²) >= 11 is 0. The Morgan fingerprint density at radius 1 is 0.531 bits per heavy atom. The Hall–Kier alpha value is -9.64. The van der Waals surface area contributed by atoms with E-state index >= 15 is 0 Å². The van der Waals surface area contributed by atoms with Gasteiger partial charge < -0.3 is 42.7 Å². The molecule has 18 nitrogen and oxygen atoms in total. The van der Waals surface area contributed by atoms with Gasteiger partial charge in [-0.25, -0.2) is 33.9 Å². The van der Waals surface area contributed by atoms with Crippen LogP contribution in [0.5, 0.6) is 0 Å². The predicted octanol–water partition coefficient (Wildman–Crippen LogP) is 13.5. The van der Waals surface area contributed by atoms with Gasteiger partial charge in [0.25, 0.3) is 11.1 Å². The Balaban J connectivity index is 0.000000187. The molecular weight excluding hydrogens is 1250 g/mol. The van der Waals surface area contributed by atoms with Crippen molar-refractivity contribution in [3.05, 3.63) is 234 Å². The van der Waals surface area contributed by atoms with Gasteiger partial charge in [-0.1, -0.05) is 167 Å². The normalized spacial score (nSPS) is 16.5. The molecular formula is C76H78N4O14Si2. The van der Waals surface area contributed by atoms with Crippen LogP contribution >= 0.6 is 0 Å². The number of rotatable bonds is 21. The molecule has 4 aliphatic heterocycles. The van der Waals surface area contributed by atoms with E-state index in [1.165, 1.54) is 5.56 Å². The molecule has 0 saturated heterocycles. The predicted molar refractivity (Wildman–Crippen MR) is 369 cm³/mol. The van der Waals surface area contributed by atoms with Gasteiger partial charge >= 0.3 is 30.0 Å². The fourth-order valence-corrected chi connectivity index (χ4v) is 18.3. The minimum Gasteiger partial charge on any atom is -0.462 e. The molecule has 20 heteroatoms. The molecule has 9 aromatic rings. The standard InChI is InChI=1S/C42H42N2O8Si.C34H36N2O6Si/c1-4-42(52-41(48)51-26-28-14-7-5-8-15-28)34-24-36-37-32(25-44(36)38(45)33(34)27-50-40(42)47)30(31-18-11-12-19-35(31)43-37)20-23-53(2,3)22-13-21-49-39(46)29-16-9-6-10-17-29;1-4-34(40)27-19-29-30-25(20-36(29)31(37)26(27)21-42-33(34)39)23(24-13-8-9-14-28(24)35-30)15-18-43(2,3)17-10-16-41-32(38)22-11-6-5-7-12-22/h5-12,14-19,24H,4,13,20-23,25-27H2,1-3H3;5-9,11-14,19,40H,4,10,15-18,20-21H2,1-3H3/t42-;34-/m00/s1. The molecule has 0 unspecified atom stereocenters. The first-order valence-corrected chi connectivity index (χ1v) is 39.8. The second-order valence-electron chi connectivity index (χ2n) is 26.7. The van der Waals surface area contributed by atoms with Crippen molar-refractivity contribution in [2.45, 2.75) is 147 Å². The maximum absolute atomic E-state index is 14.2. The minimum atomic E-state index is -1.86. The zero-order valence-electron chi connectivity index (χ0n) is 55.0. The van der Waals surface area contributed by atoms with E-state index in [2.05, 4.69) is 38.3 Å². The zero-order chi connectivity index (χ0) is 67.5. The van der Waals surface area contributed by atoms with Crippen molar-refractivity contribution in [3.8, 4) is 22.8 Å². The highest BCUT2D eigenvalue weighted by molar-refractivity contribution is 6.77. The highest BCUT2D eigenvalue weighted by Crippen LogP contribution is 2.45. The maximum atomic E-state index is 14.2. The van der Waals surface area contributed by atoms with Crippen LogP contribution in [0.15, 0.2) is 161 Å². The summed E-state index contributed by atoms with van der Waals surface area (Å²) in [6, 6.07) is 50.9. The molecule has 8 heterocycles. The first-order chi connectivity index (χ1) is 46.2. The van der Waals surface area contributed by atoms with Gasteiger partial charge in [-0.15, -0.1) is 0 Å². The molecule has 0 radical (unpaired) electrons.